The van der Waals surface area contributed by atoms with Crippen molar-refractivity contribution >= 4 is 5.84 Å². The average molecular weight is 471 g/mol. The first-order chi connectivity index (χ1) is 17.0. The smallest absolute Gasteiger partial charge is 0.127 e. The molecule has 3 heterocycles. The van der Waals surface area contributed by atoms with E-state index in [4.69, 9.17) is 4.99 Å². The van der Waals surface area contributed by atoms with Gasteiger partial charge in [-0.15, -0.1) is 0 Å². The van der Waals surface area contributed by atoms with Crippen LogP contribution in [0.3, 0.4) is 0 Å². The van der Waals surface area contributed by atoms with Crippen molar-refractivity contribution in [2.45, 2.75) is 71.5 Å². The van der Waals surface area contributed by atoms with Crippen LogP contribution in [0.1, 0.15) is 50.3 Å². The summed E-state index contributed by atoms with van der Waals surface area (Å²) in [6.07, 6.45) is 6.97. The Balaban J connectivity index is 1.47. The molecule has 1 fully saturated rings. The molecule has 3 unspecified atom stereocenters. The quantitative estimate of drug-likeness (QED) is 0.507. The number of benzene rings is 2. The lowest BCUT2D eigenvalue weighted by molar-refractivity contribution is 0.209. The SMILES string of the molecule is CCC1CN=C2C=C3N(CCc4ccccc4)C(CC(C)C)CN3C(Cc3ccc(C)cc3)CN21. The molecular weight excluding hydrogens is 428 g/mol. The van der Waals surface area contributed by atoms with Gasteiger partial charge in [0, 0.05) is 37.8 Å². The van der Waals surface area contributed by atoms with Crippen LogP contribution in [0.2, 0.25) is 0 Å². The van der Waals surface area contributed by atoms with Crippen LogP contribution >= 0.6 is 0 Å². The molecule has 4 nitrogen and oxygen atoms in total. The van der Waals surface area contributed by atoms with Gasteiger partial charge in [0.15, 0.2) is 0 Å². The number of amidine groups is 1. The molecule has 0 N–H and O–H groups in total. The second-order valence-electron chi connectivity index (χ2n) is 11.1. The number of nitrogens with zero attached hydrogens (tertiary/aromatic N) is 4. The van der Waals surface area contributed by atoms with E-state index in [1.54, 1.807) is 0 Å². The molecular formula is C31H42N4. The monoisotopic (exact) mass is 470 g/mol. The van der Waals surface area contributed by atoms with E-state index in [2.05, 4.69) is 103 Å². The number of rotatable bonds is 8. The Labute approximate surface area is 212 Å². The van der Waals surface area contributed by atoms with Crippen molar-refractivity contribution in [1.29, 1.82) is 0 Å². The summed E-state index contributed by atoms with van der Waals surface area (Å²) in [5.41, 5.74) is 4.20. The fraction of sp³-hybridized carbons (Fsp3) is 0.516. The van der Waals surface area contributed by atoms with Gasteiger partial charge in [-0.25, -0.2) is 0 Å². The normalized spacial score (nSPS) is 23.8. The summed E-state index contributed by atoms with van der Waals surface area (Å²) in [5, 5.41) is 0. The Hall–Kier alpha value is -2.75. The highest BCUT2D eigenvalue weighted by molar-refractivity contribution is 5.95. The lowest BCUT2D eigenvalue weighted by Crippen LogP contribution is -2.45. The van der Waals surface area contributed by atoms with Gasteiger partial charge in [-0.1, -0.05) is 80.9 Å². The maximum Gasteiger partial charge on any atom is 0.127 e. The second kappa shape index (κ2) is 10.5. The van der Waals surface area contributed by atoms with Gasteiger partial charge in [0.25, 0.3) is 0 Å². The van der Waals surface area contributed by atoms with Crippen LogP contribution in [0.4, 0.5) is 0 Å². The van der Waals surface area contributed by atoms with Crippen molar-refractivity contribution in [3.05, 3.63) is 83.2 Å². The minimum absolute atomic E-state index is 0.459. The van der Waals surface area contributed by atoms with E-state index >= 15 is 0 Å². The zero-order valence-electron chi connectivity index (χ0n) is 22.0. The highest BCUT2D eigenvalue weighted by Gasteiger charge is 2.42. The van der Waals surface area contributed by atoms with E-state index < -0.39 is 0 Å². The molecule has 0 radical (unpaired) electrons. The molecule has 4 heteroatoms. The van der Waals surface area contributed by atoms with Gasteiger partial charge in [0.1, 0.15) is 11.7 Å². The van der Waals surface area contributed by atoms with Crippen LogP contribution in [-0.4, -0.2) is 64.8 Å². The molecule has 186 valence electrons. The van der Waals surface area contributed by atoms with Crippen molar-refractivity contribution in [2.75, 3.05) is 26.2 Å². The van der Waals surface area contributed by atoms with Gasteiger partial charge in [-0.2, -0.15) is 0 Å². The van der Waals surface area contributed by atoms with E-state index in [1.807, 2.05) is 0 Å². The van der Waals surface area contributed by atoms with Gasteiger partial charge in [-0.05, 0) is 49.7 Å². The third-order valence-electron chi connectivity index (χ3n) is 8.03. The van der Waals surface area contributed by atoms with Gasteiger partial charge in [0.05, 0.1) is 12.6 Å². The molecule has 0 amide bonds. The van der Waals surface area contributed by atoms with Gasteiger partial charge in [-0.3, -0.25) is 4.99 Å². The molecule has 3 aliphatic rings. The lowest BCUT2D eigenvalue weighted by atomic mass is 10.0. The van der Waals surface area contributed by atoms with Crippen LogP contribution in [0.15, 0.2) is 71.5 Å². The van der Waals surface area contributed by atoms with Crippen molar-refractivity contribution < 1.29 is 0 Å². The molecule has 0 aliphatic carbocycles. The highest BCUT2D eigenvalue weighted by atomic mass is 15.4. The predicted octanol–water partition coefficient (Wildman–Crippen LogP) is 5.53. The lowest BCUT2D eigenvalue weighted by Gasteiger charge is -2.34. The summed E-state index contributed by atoms with van der Waals surface area (Å²) in [4.78, 5) is 13.1. The van der Waals surface area contributed by atoms with E-state index in [0.717, 1.165) is 45.4 Å². The molecule has 0 aromatic heterocycles. The van der Waals surface area contributed by atoms with Gasteiger partial charge < -0.3 is 14.7 Å². The summed E-state index contributed by atoms with van der Waals surface area (Å²) in [7, 11) is 0. The topological polar surface area (TPSA) is 22.1 Å². The molecule has 0 bridgehead atoms. The number of aryl methyl sites for hydroxylation is 1. The molecule has 2 aromatic rings. The van der Waals surface area contributed by atoms with E-state index in [9.17, 15) is 0 Å². The third kappa shape index (κ3) is 5.27. The number of fused-ring (bicyclic) bond motifs is 2. The van der Waals surface area contributed by atoms with Crippen molar-refractivity contribution in [2.24, 2.45) is 10.9 Å². The fourth-order valence-corrected chi connectivity index (χ4v) is 6.12. The minimum Gasteiger partial charge on any atom is -0.353 e. The molecule has 35 heavy (non-hydrogen) atoms. The Morgan fingerprint density at radius 2 is 1.63 bits per heavy atom. The molecule has 3 aliphatic heterocycles. The molecule has 5 rings (SSSR count). The standard InChI is InChI=1S/C31H42N4/c1-5-27-20-32-30-19-31-33(16-15-25-9-7-6-8-10-25)28(17-23(2)3)22-35(31)29(21-34(27)30)18-26-13-11-24(4)12-14-26/h6-14,19,23,27-29H,5,15-18,20-22H2,1-4H3. The molecule has 3 atom stereocenters. The Bertz CT molecular complexity index is 1040. The van der Waals surface area contributed by atoms with Crippen molar-refractivity contribution in [3.8, 4) is 0 Å². The fourth-order valence-electron chi connectivity index (χ4n) is 6.12. The summed E-state index contributed by atoms with van der Waals surface area (Å²) >= 11 is 0. The third-order valence-corrected chi connectivity index (χ3v) is 8.03. The second-order valence-corrected chi connectivity index (χ2v) is 11.1. The average Bonchev–Trinajstić information content (AvgIpc) is 3.35. The van der Waals surface area contributed by atoms with Crippen LogP contribution in [0.5, 0.6) is 0 Å². The van der Waals surface area contributed by atoms with Crippen LogP contribution in [-0.2, 0) is 12.8 Å². The summed E-state index contributed by atoms with van der Waals surface area (Å²) < 4.78 is 0. The molecule has 0 spiro atoms. The molecule has 0 saturated carbocycles. The first-order valence-electron chi connectivity index (χ1n) is 13.7. The van der Waals surface area contributed by atoms with E-state index in [1.165, 1.54) is 34.8 Å². The van der Waals surface area contributed by atoms with Crippen LogP contribution < -0.4 is 0 Å². The number of hydrogen-bond acceptors (Lipinski definition) is 4. The van der Waals surface area contributed by atoms with E-state index in [-0.39, 0.29) is 0 Å². The predicted molar refractivity (Wildman–Crippen MR) is 147 cm³/mol. The first kappa shape index (κ1) is 24.0. The Kier molecular flexibility index (Phi) is 7.17. The highest BCUT2D eigenvalue weighted by Crippen LogP contribution is 2.35. The minimum atomic E-state index is 0.459. The maximum atomic E-state index is 5.04. The van der Waals surface area contributed by atoms with Crippen molar-refractivity contribution in [3.63, 3.8) is 0 Å². The van der Waals surface area contributed by atoms with Crippen LogP contribution in [0.25, 0.3) is 0 Å². The zero-order chi connectivity index (χ0) is 24.4. The Morgan fingerprint density at radius 3 is 2.34 bits per heavy atom. The van der Waals surface area contributed by atoms with E-state index in [0.29, 0.717) is 24.0 Å². The summed E-state index contributed by atoms with van der Waals surface area (Å²) in [6, 6.07) is 21.7. The van der Waals surface area contributed by atoms with Gasteiger partial charge in [0.2, 0.25) is 0 Å². The van der Waals surface area contributed by atoms with Crippen LogP contribution in [0, 0.1) is 12.8 Å². The van der Waals surface area contributed by atoms with Crippen molar-refractivity contribution in [1.82, 2.24) is 14.7 Å². The summed E-state index contributed by atoms with van der Waals surface area (Å²) in [6.45, 7) is 13.4. The zero-order valence-corrected chi connectivity index (χ0v) is 22.0. The molecule has 1 saturated heterocycles. The first-order valence-corrected chi connectivity index (χ1v) is 13.7. The number of hydrogen-bond donors (Lipinski definition) is 0. The number of aliphatic imine (C=N–C) groups is 1. The molecule has 2 aromatic carbocycles. The maximum absolute atomic E-state index is 5.04. The largest absolute Gasteiger partial charge is 0.353 e. The van der Waals surface area contributed by atoms with Gasteiger partial charge >= 0.3 is 0 Å². The Morgan fingerprint density at radius 1 is 0.886 bits per heavy atom. The summed E-state index contributed by atoms with van der Waals surface area (Å²) in [5.74, 6) is 3.29.